The molecule has 0 bridgehead atoms. The maximum Gasteiger partial charge on any atom is 0.330 e. The van der Waals surface area contributed by atoms with Crippen molar-refractivity contribution < 1.29 is 0 Å². The van der Waals surface area contributed by atoms with Crippen molar-refractivity contribution in [3.05, 3.63) is 32.6 Å². The molecule has 1 aromatic heterocycles. The van der Waals surface area contributed by atoms with Crippen LogP contribution in [0.4, 0.5) is 0 Å². The Bertz CT molecular complexity index is 671. The van der Waals surface area contributed by atoms with Crippen LogP contribution >= 0.6 is 0 Å². The molecule has 2 aliphatic heterocycles. The normalized spacial score (nSPS) is 24.0. The standard InChI is InChI=1S/C18H30N4O2/c1-19-16(12-17(23)20(2)18(19)24)14-21-9-7-8-15(13-21)22-10-5-3-4-6-11-22/h12,15H,3-11,13-14H2,1-2H3/t15-/m0/s1. The quantitative estimate of drug-likeness (QED) is 0.825. The van der Waals surface area contributed by atoms with Crippen LogP contribution in [0.3, 0.4) is 0 Å². The molecule has 3 rings (SSSR count). The van der Waals surface area contributed by atoms with Crippen LogP contribution < -0.4 is 11.2 Å². The van der Waals surface area contributed by atoms with Gasteiger partial charge in [-0.1, -0.05) is 12.8 Å². The summed E-state index contributed by atoms with van der Waals surface area (Å²) < 4.78 is 2.77. The Morgan fingerprint density at radius 3 is 2.38 bits per heavy atom. The van der Waals surface area contributed by atoms with Gasteiger partial charge in [-0.25, -0.2) is 4.79 Å². The third-order valence-electron chi connectivity index (χ3n) is 5.65. The minimum atomic E-state index is -0.237. The summed E-state index contributed by atoms with van der Waals surface area (Å²) in [6.07, 6.45) is 7.83. The molecular formula is C18H30N4O2. The highest BCUT2D eigenvalue weighted by Gasteiger charge is 2.26. The summed E-state index contributed by atoms with van der Waals surface area (Å²) in [6.45, 7) is 5.23. The SMILES string of the molecule is Cn1c(CN2CCC[C@H](N3CCCCCC3)C2)cc(=O)n(C)c1=O. The van der Waals surface area contributed by atoms with Crippen LogP contribution in [0, 0.1) is 0 Å². The van der Waals surface area contributed by atoms with Gasteiger partial charge in [-0.3, -0.25) is 23.7 Å². The van der Waals surface area contributed by atoms with E-state index in [9.17, 15) is 9.59 Å². The molecule has 24 heavy (non-hydrogen) atoms. The molecule has 2 aliphatic rings. The maximum atomic E-state index is 12.1. The second-order valence-electron chi connectivity index (χ2n) is 7.36. The van der Waals surface area contributed by atoms with Crippen molar-refractivity contribution >= 4 is 0 Å². The molecule has 0 radical (unpaired) electrons. The van der Waals surface area contributed by atoms with Gasteiger partial charge in [-0.2, -0.15) is 0 Å². The fourth-order valence-electron chi connectivity index (χ4n) is 4.09. The van der Waals surface area contributed by atoms with Gasteiger partial charge in [0.15, 0.2) is 0 Å². The van der Waals surface area contributed by atoms with Crippen LogP contribution in [0.1, 0.15) is 44.2 Å². The van der Waals surface area contributed by atoms with Gasteiger partial charge in [0.1, 0.15) is 0 Å². The molecule has 0 amide bonds. The molecule has 1 aromatic rings. The minimum Gasteiger partial charge on any atom is -0.299 e. The molecular weight excluding hydrogens is 304 g/mol. The summed E-state index contributed by atoms with van der Waals surface area (Å²) in [5.41, 5.74) is 0.368. The largest absolute Gasteiger partial charge is 0.330 e. The Labute approximate surface area is 143 Å². The number of nitrogens with zero attached hydrogens (tertiary/aromatic N) is 4. The third kappa shape index (κ3) is 3.81. The fourth-order valence-corrected chi connectivity index (χ4v) is 4.09. The Kier molecular flexibility index (Phi) is 5.56. The van der Waals surface area contributed by atoms with E-state index in [-0.39, 0.29) is 11.2 Å². The number of piperidine rings is 1. The Balaban J connectivity index is 1.69. The molecule has 0 unspecified atom stereocenters. The average molecular weight is 334 g/mol. The topological polar surface area (TPSA) is 50.5 Å². The molecule has 0 N–H and O–H groups in total. The first-order valence-corrected chi connectivity index (χ1v) is 9.28. The van der Waals surface area contributed by atoms with Gasteiger partial charge in [-0.15, -0.1) is 0 Å². The number of hydrogen-bond acceptors (Lipinski definition) is 4. The number of hydrogen-bond donors (Lipinski definition) is 0. The number of aromatic nitrogens is 2. The second-order valence-corrected chi connectivity index (χ2v) is 7.36. The zero-order valence-corrected chi connectivity index (χ0v) is 15.0. The van der Waals surface area contributed by atoms with E-state index in [0.29, 0.717) is 12.6 Å². The highest BCUT2D eigenvalue weighted by atomic mass is 16.2. The molecule has 6 nitrogen and oxygen atoms in total. The van der Waals surface area contributed by atoms with Crippen molar-refractivity contribution in [1.29, 1.82) is 0 Å². The molecule has 2 fully saturated rings. The first-order chi connectivity index (χ1) is 11.6. The molecule has 2 saturated heterocycles. The lowest BCUT2D eigenvalue weighted by Crippen LogP contribution is -2.48. The summed E-state index contributed by atoms with van der Waals surface area (Å²) >= 11 is 0. The van der Waals surface area contributed by atoms with E-state index in [1.165, 1.54) is 63.2 Å². The van der Waals surface area contributed by atoms with Crippen LogP contribution in [0.15, 0.2) is 15.7 Å². The molecule has 0 spiro atoms. The van der Waals surface area contributed by atoms with E-state index < -0.39 is 0 Å². The highest BCUT2D eigenvalue weighted by molar-refractivity contribution is 5.02. The van der Waals surface area contributed by atoms with Crippen molar-refractivity contribution in [3.63, 3.8) is 0 Å². The van der Waals surface area contributed by atoms with E-state index in [1.807, 2.05) is 0 Å². The molecule has 1 atom stereocenters. The summed E-state index contributed by atoms with van der Waals surface area (Å²) in [7, 11) is 3.29. The summed E-state index contributed by atoms with van der Waals surface area (Å²) in [5.74, 6) is 0. The lowest BCUT2D eigenvalue weighted by molar-refractivity contribution is 0.0940. The van der Waals surface area contributed by atoms with Crippen LogP contribution in [0.5, 0.6) is 0 Å². The summed E-state index contributed by atoms with van der Waals surface area (Å²) in [6, 6.07) is 2.23. The zero-order valence-electron chi connectivity index (χ0n) is 15.0. The maximum absolute atomic E-state index is 12.1. The molecule has 134 valence electrons. The van der Waals surface area contributed by atoms with Crippen molar-refractivity contribution in [2.45, 2.75) is 51.1 Å². The van der Waals surface area contributed by atoms with E-state index in [2.05, 4.69) is 9.80 Å². The zero-order chi connectivity index (χ0) is 17.1. The molecule has 0 saturated carbocycles. The molecule has 3 heterocycles. The smallest absolute Gasteiger partial charge is 0.299 e. The molecule has 0 aromatic carbocycles. The van der Waals surface area contributed by atoms with Crippen LogP contribution in [0.2, 0.25) is 0 Å². The van der Waals surface area contributed by atoms with E-state index >= 15 is 0 Å². The Hall–Kier alpha value is -1.40. The van der Waals surface area contributed by atoms with E-state index in [0.717, 1.165) is 18.8 Å². The Morgan fingerprint density at radius 2 is 1.67 bits per heavy atom. The monoisotopic (exact) mass is 334 g/mol. The summed E-state index contributed by atoms with van der Waals surface area (Å²) in [5, 5.41) is 0. The number of rotatable bonds is 3. The lowest BCUT2D eigenvalue weighted by atomic mass is 10.0. The summed E-state index contributed by atoms with van der Waals surface area (Å²) in [4.78, 5) is 29.1. The van der Waals surface area contributed by atoms with Gasteiger partial charge in [0.25, 0.3) is 5.56 Å². The van der Waals surface area contributed by atoms with Crippen molar-refractivity contribution in [2.24, 2.45) is 14.1 Å². The van der Waals surface area contributed by atoms with Crippen molar-refractivity contribution in [1.82, 2.24) is 18.9 Å². The first kappa shape index (κ1) is 17.4. The van der Waals surface area contributed by atoms with Crippen molar-refractivity contribution in [2.75, 3.05) is 26.2 Å². The number of likely N-dealkylation sites (tertiary alicyclic amines) is 2. The van der Waals surface area contributed by atoms with E-state index in [1.54, 1.807) is 17.7 Å². The van der Waals surface area contributed by atoms with Crippen LogP contribution in [-0.4, -0.2) is 51.2 Å². The Morgan fingerprint density at radius 1 is 0.958 bits per heavy atom. The van der Waals surface area contributed by atoms with Gasteiger partial charge >= 0.3 is 5.69 Å². The van der Waals surface area contributed by atoms with Gasteiger partial charge in [0.05, 0.1) is 0 Å². The second kappa shape index (κ2) is 7.66. The predicted molar refractivity (Wildman–Crippen MR) is 95.3 cm³/mol. The van der Waals surface area contributed by atoms with Crippen LogP contribution in [-0.2, 0) is 20.6 Å². The van der Waals surface area contributed by atoms with Gasteiger partial charge in [0, 0.05) is 45.0 Å². The molecule has 6 heteroatoms. The van der Waals surface area contributed by atoms with Gasteiger partial charge in [0.2, 0.25) is 0 Å². The first-order valence-electron chi connectivity index (χ1n) is 9.28. The molecule has 0 aliphatic carbocycles. The lowest BCUT2D eigenvalue weighted by Gasteiger charge is -2.39. The third-order valence-corrected chi connectivity index (χ3v) is 5.65. The van der Waals surface area contributed by atoms with E-state index in [4.69, 9.17) is 0 Å². The van der Waals surface area contributed by atoms with Gasteiger partial charge < -0.3 is 0 Å². The average Bonchev–Trinajstić information content (AvgIpc) is 2.87. The predicted octanol–water partition coefficient (Wildman–Crippen LogP) is 0.924. The van der Waals surface area contributed by atoms with Gasteiger partial charge in [-0.05, 0) is 45.3 Å². The van der Waals surface area contributed by atoms with Crippen molar-refractivity contribution in [3.8, 4) is 0 Å². The fraction of sp³-hybridized carbons (Fsp3) is 0.778. The highest BCUT2D eigenvalue weighted by Crippen LogP contribution is 2.20. The van der Waals surface area contributed by atoms with Crippen LogP contribution in [0.25, 0.3) is 0 Å². The minimum absolute atomic E-state index is 0.214.